The number of likely N-dealkylation sites (N-methyl/N-ethyl adjacent to an activating group) is 1. The molecule has 0 bridgehead atoms. The molecule has 7 nitrogen and oxygen atoms in total. The largest absolute Gasteiger partial charge is 0.381 e. The molecule has 2 N–H and O–H groups in total. The van der Waals surface area contributed by atoms with Crippen LogP contribution in [-0.2, 0) is 9.53 Å². The van der Waals surface area contributed by atoms with Gasteiger partial charge in [-0.25, -0.2) is 0 Å². The predicted octanol–water partition coefficient (Wildman–Crippen LogP) is 3.93. The van der Waals surface area contributed by atoms with Gasteiger partial charge in [-0.1, -0.05) is 18.2 Å². The van der Waals surface area contributed by atoms with E-state index in [9.17, 15) is 9.59 Å². The third-order valence-electron chi connectivity index (χ3n) is 7.70. The Kier molecular flexibility index (Phi) is 10.0. The van der Waals surface area contributed by atoms with Crippen LogP contribution in [0, 0.1) is 6.92 Å². The first-order chi connectivity index (χ1) is 16.8. The smallest absolute Gasteiger partial charge is 0.251 e. The van der Waals surface area contributed by atoms with E-state index in [1.807, 2.05) is 13.0 Å². The van der Waals surface area contributed by atoms with Crippen molar-refractivity contribution in [3.05, 3.63) is 40.4 Å². The molecule has 0 atom stereocenters. The first-order valence-electron chi connectivity index (χ1n) is 12.8. The van der Waals surface area contributed by atoms with Gasteiger partial charge < -0.3 is 25.2 Å². The van der Waals surface area contributed by atoms with Crippen molar-refractivity contribution in [2.24, 2.45) is 0 Å². The quantitative estimate of drug-likeness (QED) is 0.498. The second-order valence-electron chi connectivity index (χ2n) is 9.72. The molecule has 8 heteroatoms. The van der Waals surface area contributed by atoms with Crippen molar-refractivity contribution in [2.75, 3.05) is 45.3 Å². The number of carbonyl (C=O) groups excluding carboxylic acids is 2. The van der Waals surface area contributed by atoms with E-state index in [4.69, 9.17) is 16.3 Å². The van der Waals surface area contributed by atoms with Crippen LogP contribution in [0.2, 0.25) is 5.02 Å². The first-order valence-corrected chi connectivity index (χ1v) is 13.2. The Morgan fingerprint density at radius 2 is 1.69 bits per heavy atom. The van der Waals surface area contributed by atoms with Gasteiger partial charge in [-0.3, -0.25) is 9.59 Å². The Bertz CT molecular complexity index is 908. The van der Waals surface area contributed by atoms with Crippen molar-refractivity contribution in [2.45, 2.75) is 70.5 Å². The lowest BCUT2D eigenvalue weighted by molar-refractivity contribution is -0.117. The van der Waals surface area contributed by atoms with Crippen LogP contribution in [0.3, 0.4) is 0 Å². The minimum absolute atomic E-state index is 0.0853. The SMILES string of the molecule is C=C(CNC(=O)c1cc(Cl)cc(N(CC)C2CCC(N(C)C3CCOCC3)CC2)c1C)C(=O)NC. The molecule has 1 saturated heterocycles. The number of benzene rings is 1. The molecular weight excluding hydrogens is 464 g/mol. The number of nitrogens with zero attached hydrogens (tertiary/aromatic N) is 2. The minimum atomic E-state index is -0.288. The third-order valence-corrected chi connectivity index (χ3v) is 7.92. The zero-order chi connectivity index (χ0) is 25.5. The lowest BCUT2D eigenvalue weighted by atomic mass is 9.87. The van der Waals surface area contributed by atoms with E-state index >= 15 is 0 Å². The maximum atomic E-state index is 13.0. The highest BCUT2D eigenvalue weighted by atomic mass is 35.5. The molecule has 194 valence electrons. The molecule has 35 heavy (non-hydrogen) atoms. The van der Waals surface area contributed by atoms with Crippen LogP contribution in [0.1, 0.15) is 61.4 Å². The number of halogens is 1. The molecule has 0 aromatic heterocycles. The van der Waals surface area contributed by atoms with Crippen molar-refractivity contribution in [3.8, 4) is 0 Å². The number of carbonyl (C=O) groups is 2. The van der Waals surface area contributed by atoms with Gasteiger partial charge >= 0.3 is 0 Å². The molecule has 2 aliphatic rings. The van der Waals surface area contributed by atoms with E-state index < -0.39 is 0 Å². The van der Waals surface area contributed by atoms with Gasteiger partial charge in [-0.05, 0) is 77.1 Å². The summed E-state index contributed by atoms with van der Waals surface area (Å²) in [5.41, 5.74) is 2.75. The summed E-state index contributed by atoms with van der Waals surface area (Å²) in [6.07, 6.45) is 6.82. The number of rotatable bonds is 9. The van der Waals surface area contributed by atoms with Gasteiger partial charge in [0, 0.05) is 73.3 Å². The molecular formula is C27H41ClN4O3. The molecule has 3 rings (SSSR count). The van der Waals surface area contributed by atoms with E-state index in [0.717, 1.165) is 56.7 Å². The highest BCUT2D eigenvalue weighted by molar-refractivity contribution is 6.31. The second-order valence-corrected chi connectivity index (χ2v) is 10.2. The minimum Gasteiger partial charge on any atom is -0.381 e. The van der Waals surface area contributed by atoms with Gasteiger partial charge in [-0.15, -0.1) is 0 Å². The summed E-state index contributed by atoms with van der Waals surface area (Å²) < 4.78 is 5.54. The summed E-state index contributed by atoms with van der Waals surface area (Å²) in [6, 6.07) is 5.33. The lowest BCUT2D eigenvalue weighted by Crippen LogP contribution is -2.47. The summed E-state index contributed by atoms with van der Waals surface area (Å²) in [6.45, 7) is 10.5. The normalized spacial score (nSPS) is 21.0. The van der Waals surface area contributed by atoms with Gasteiger partial charge in [0.1, 0.15) is 0 Å². The number of amides is 2. The van der Waals surface area contributed by atoms with Crippen LogP contribution < -0.4 is 15.5 Å². The van der Waals surface area contributed by atoms with E-state index in [1.54, 1.807) is 13.1 Å². The zero-order valence-corrected chi connectivity index (χ0v) is 22.4. The molecule has 1 saturated carbocycles. The highest BCUT2D eigenvalue weighted by Crippen LogP contribution is 2.35. The summed E-state index contributed by atoms with van der Waals surface area (Å²) >= 11 is 6.49. The van der Waals surface area contributed by atoms with Crippen molar-refractivity contribution in [1.82, 2.24) is 15.5 Å². The monoisotopic (exact) mass is 504 g/mol. The Hall–Kier alpha value is -2.09. The summed E-state index contributed by atoms with van der Waals surface area (Å²) in [4.78, 5) is 29.7. The second kappa shape index (κ2) is 12.7. The lowest BCUT2D eigenvalue weighted by Gasteiger charge is -2.43. The molecule has 0 radical (unpaired) electrons. The molecule has 1 aromatic rings. The fourth-order valence-corrected chi connectivity index (χ4v) is 5.74. The predicted molar refractivity (Wildman–Crippen MR) is 142 cm³/mol. The van der Waals surface area contributed by atoms with Gasteiger partial charge in [0.25, 0.3) is 5.91 Å². The average molecular weight is 505 g/mol. The number of hydrogen-bond donors (Lipinski definition) is 2. The molecule has 2 amide bonds. The fourth-order valence-electron chi connectivity index (χ4n) is 5.53. The average Bonchev–Trinajstić information content (AvgIpc) is 2.89. The van der Waals surface area contributed by atoms with Gasteiger partial charge in [0.2, 0.25) is 5.91 Å². The van der Waals surface area contributed by atoms with Gasteiger partial charge in [0.15, 0.2) is 0 Å². The molecule has 1 aliphatic heterocycles. The molecule has 1 aromatic carbocycles. The van der Waals surface area contributed by atoms with E-state index in [1.165, 1.54) is 12.8 Å². The fraction of sp³-hybridized carbons (Fsp3) is 0.630. The van der Waals surface area contributed by atoms with Crippen LogP contribution in [0.25, 0.3) is 0 Å². The maximum Gasteiger partial charge on any atom is 0.251 e. The number of ether oxygens (including phenoxy) is 1. The molecule has 1 heterocycles. The van der Waals surface area contributed by atoms with Crippen molar-refractivity contribution < 1.29 is 14.3 Å². The summed E-state index contributed by atoms with van der Waals surface area (Å²) in [7, 11) is 3.82. The van der Waals surface area contributed by atoms with E-state index in [2.05, 4.69) is 41.0 Å². The number of anilines is 1. The van der Waals surface area contributed by atoms with Crippen LogP contribution in [0.5, 0.6) is 0 Å². The summed E-state index contributed by atoms with van der Waals surface area (Å²) in [5, 5.41) is 5.86. The van der Waals surface area contributed by atoms with Crippen LogP contribution in [0.15, 0.2) is 24.3 Å². The van der Waals surface area contributed by atoms with Crippen LogP contribution in [0.4, 0.5) is 5.69 Å². The Morgan fingerprint density at radius 3 is 2.29 bits per heavy atom. The van der Waals surface area contributed by atoms with Gasteiger partial charge in [-0.2, -0.15) is 0 Å². The molecule has 2 fully saturated rings. The zero-order valence-electron chi connectivity index (χ0n) is 21.7. The van der Waals surface area contributed by atoms with Gasteiger partial charge in [0.05, 0.1) is 0 Å². The van der Waals surface area contributed by atoms with Crippen molar-refractivity contribution in [1.29, 1.82) is 0 Å². The van der Waals surface area contributed by atoms with Crippen LogP contribution in [-0.4, -0.2) is 75.2 Å². The number of nitrogens with one attached hydrogen (secondary N) is 2. The Morgan fingerprint density at radius 1 is 1.09 bits per heavy atom. The maximum absolute atomic E-state index is 13.0. The third kappa shape index (κ3) is 6.78. The van der Waals surface area contributed by atoms with E-state index in [0.29, 0.717) is 34.3 Å². The molecule has 0 unspecified atom stereocenters. The Labute approximate surface area is 215 Å². The standard InChI is InChI=1S/C27H41ClN4O3/c1-6-32(23-9-7-21(8-10-23)31(5)22-11-13-35-14-12-22)25-16-20(28)15-24(19(25)3)27(34)30-17-18(2)26(33)29-4/h15-16,21-23H,2,6-14,17H2,1,3-5H3,(H,29,33)(H,30,34). The van der Waals surface area contributed by atoms with Crippen molar-refractivity contribution >= 4 is 29.1 Å². The van der Waals surface area contributed by atoms with Crippen LogP contribution >= 0.6 is 11.6 Å². The Balaban J connectivity index is 1.69. The highest BCUT2D eigenvalue weighted by Gasteiger charge is 2.31. The molecule has 0 spiro atoms. The van der Waals surface area contributed by atoms with E-state index in [-0.39, 0.29) is 18.4 Å². The topological polar surface area (TPSA) is 73.9 Å². The summed E-state index contributed by atoms with van der Waals surface area (Å²) in [5.74, 6) is -0.543. The number of hydrogen-bond acceptors (Lipinski definition) is 5. The van der Waals surface area contributed by atoms with Crippen molar-refractivity contribution in [3.63, 3.8) is 0 Å². The molecule has 1 aliphatic carbocycles. The first kappa shape index (κ1) is 27.5.